The number of allylic oxidation sites excluding steroid dienone is 2. The molecule has 1 aliphatic carbocycles. The van der Waals surface area contributed by atoms with Crippen molar-refractivity contribution < 1.29 is 9.47 Å². The molecule has 0 unspecified atom stereocenters. The van der Waals surface area contributed by atoms with Gasteiger partial charge in [-0.05, 0) is 24.0 Å². The van der Waals surface area contributed by atoms with Gasteiger partial charge in [0.05, 0.1) is 42.6 Å². The van der Waals surface area contributed by atoms with Gasteiger partial charge in [0.15, 0.2) is 0 Å². The average molecular weight is 479 g/mol. The third-order valence-electron chi connectivity index (χ3n) is 5.80. The second-order valence-corrected chi connectivity index (χ2v) is 21.9. The van der Waals surface area contributed by atoms with Crippen LogP contribution in [0.3, 0.4) is 0 Å². The van der Waals surface area contributed by atoms with Crippen molar-refractivity contribution in [3.8, 4) is 0 Å². The van der Waals surface area contributed by atoms with Crippen LogP contribution in [0.5, 0.6) is 0 Å². The van der Waals surface area contributed by atoms with E-state index in [9.17, 15) is 0 Å². The summed E-state index contributed by atoms with van der Waals surface area (Å²) in [5.74, 6) is 0. The Bertz CT molecular complexity index is 856. The van der Waals surface area contributed by atoms with Crippen molar-refractivity contribution in [2.24, 2.45) is 5.41 Å². The highest BCUT2D eigenvalue weighted by atomic mass is 28.3. The summed E-state index contributed by atoms with van der Waals surface area (Å²) in [4.78, 5) is 0. The van der Waals surface area contributed by atoms with E-state index in [1.807, 2.05) is 0 Å². The third kappa shape index (κ3) is 8.86. The Hall–Kier alpha value is -1.73. The molecule has 1 aliphatic rings. The summed E-state index contributed by atoms with van der Waals surface area (Å²) in [6.45, 7) is 17.4. The first-order valence-electron chi connectivity index (χ1n) is 12.2. The Kier molecular flexibility index (Phi) is 8.73. The predicted molar refractivity (Wildman–Crippen MR) is 147 cm³/mol. The van der Waals surface area contributed by atoms with Crippen molar-refractivity contribution in [3.63, 3.8) is 0 Å². The van der Waals surface area contributed by atoms with Gasteiger partial charge in [-0.15, -0.1) is 0 Å². The van der Waals surface area contributed by atoms with Crippen LogP contribution >= 0.6 is 0 Å². The van der Waals surface area contributed by atoms with E-state index in [1.165, 1.54) is 11.1 Å². The summed E-state index contributed by atoms with van der Waals surface area (Å²) < 4.78 is 12.7. The van der Waals surface area contributed by atoms with Gasteiger partial charge >= 0.3 is 0 Å². The molecular formula is C29H42O2Si2. The lowest BCUT2D eigenvalue weighted by molar-refractivity contribution is -0.0262. The van der Waals surface area contributed by atoms with E-state index < -0.39 is 16.1 Å². The first-order valence-corrected chi connectivity index (χ1v) is 19.4. The van der Waals surface area contributed by atoms with Crippen molar-refractivity contribution in [3.05, 3.63) is 94.3 Å². The number of benzene rings is 2. The highest BCUT2D eigenvalue weighted by molar-refractivity contribution is 6.82. The van der Waals surface area contributed by atoms with Crippen LogP contribution < -0.4 is 0 Å². The Morgan fingerprint density at radius 2 is 1.00 bits per heavy atom. The predicted octanol–water partition coefficient (Wildman–Crippen LogP) is 7.81. The highest BCUT2D eigenvalue weighted by Crippen LogP contribution is 2.47. The zero-order valence-electron chi connectivity index (χ0n) is 21.5. The molecule has 0 saturated heterocycles. The topological polar surface area (TPSA) is 18.5 Å². The van der Waals surface area contributed by atoms with Gasteiger partial charge in [0, 0.05) is 5.41 Å². The molecule has 3 rings (SSSR count). The molecule has 0 atom stereocenters. The Balaban J connectivity index is 1.81. The zero-order chi connectivity index (χ0) is 24.0. The first kappa shape index (κ1) is 25.9. The monoisotopic (exact) mass is 478 g/mol. The van der Waals surface area contributed by atoms with Gasteiger partial charge in [-0.2, -0.15) is 0 Å². The molecule has 4 heteroatoms. The first-order chi connectivity index (χ1) is 15.5. The van der Waals surface area contributed by atoms with E-state index in [4.69, 9.17) is 9.47 Å². The molecule has 178 valence electrons. The van der Waals surface area contributed by atoms with E-state index in [0.29, 0.717) is 13.2 Å². The van der Waals surface area contributed by atoms with Crippen LogP contribution in [0.15, 0.2) is 83.2 Å². The van der Waals surface area contributed by atoms with Gasteiger partial charge in [0.25, 0.3) is 0 Å². The van der Waals surface area contributed by atoms with Gasteiger partial charge in [0.1, 0.15) is 0 Å². The lowest BCUT2D eigenvalue weighted by Crippen LogP contribution is -2.30. The number of rotatable bonds is 10. The molecule has 0 radical (unpaired) electrons. The maximum Gasteiger partial charge on any atom is 0.0717 e. The van der Waals surface area contributed by atoms with Crippen LogP contribution in [0.2, 0.25) is 39.3 Å². The van der Waals surface area contributed by atoms with Gasteiger partial charge in [0.2, 0.25) is 0 Å². The van der Waals surface area contributed by atoms with Crippen LogP contribution in [0, 0.1) is 5.41 Å². The number of ether oxygens (including phenoxy) is 2. The molecule has 0 amide bonds. The molecule has 2 nitrogen and oxygen atoms in total. The van der Waals surface area contributed by atoms with Gasteiger partial charge < -0.3 is 9.47 Å². The minimum absolute atomic E-state index is 0.000523. The SMILES string of the molecule is C[Si](C)(C)/C=C1\CC(COCc2ccccc2)(COCc2ccccc2)C\C1=C/[Si](C)(C)C. The van der Waals surface area contributed by atoms with Gasteiger partial charge in [-0.3, -0.25) is 0 Å². The normalized spacial score (nSPS) is 18.8. The zero-order valence-corrected chi connectivity index (χ0v) is 23.5. The molecule has 0 heterocycles. The fraction of sp³-hybridized carbons (Fsp3) is 0.448. The maximum absolute atomic E-state index is 6.35. The standard InChI is InChI=1S/C29H42O2Si2/c1-32(2,3)21-27-17-29(18-28(27)22-33(4,5)6,23-30-19-25-13-9-7-10-14-25)24-31-20-26-15-11-8-12-16-26/h7-16,21-22H,17-20,23-24H2,1-6H3/b27-21+,28-22+. The summed E-state index contributed by atoms with van der Waals surface area (Å²) in [6.07, 6.45) is 2.11. The van der Waals surface area contributed by atoms with Crippen molar-refractivity contribution in [1.29, 1.82) is 0 Å². The fourth-order valence-electron chi connectivity index (χ4n) is 4.60. The Labute approximate surface area is 203 Å². The van der Waals surface area contributed by atoms with Gasteiger partial charge in [-0.25, -0.2) is 0 Å². The number of hydrogen-bond donors (Lipinski definition) is 0. The fourth-order valence-corrected chi connectivity index (χ4v) is 7.26. The van der Waals surface area contributed by atoms with E-state index >= 15 is 0 Å². The van der Waals surface area contributed by atoms with Crippen LogP contribution in [-0.4, -0.2) is 29.4 Å². The van der Waals surface area contributed by atoms with Gasteiger partial charge in [-0.1, -0.05) is 122 Å². The van der Waals surface area contributed by atoms with E-state index in [1.54, 1.807) is 11.1 Å². The average Bonchev–Trinajstić information content (AvgIpc) is 3.03. The lowest BCUT2D eigenvalue weighted by atomic mass is 9.87. The summed E-state index contributed by atoms with van der Waals surface area (Å²) >= 11 is 0. The summed E-state index contributed by atoms with van der Waals surface area (Å²) in [6, 6.07) is 21.0. The third-order valence-corrected chi connectivity index (χ3v) is 8.23. The maximum atomic E-state index is 6.35. The largest absolute Gasteiger partial charge is 0.376 e. The minimum atomic E-state index is -1.34. The lowest BCUT2D eigenvalue weighted by Gasteiger charge is -2.28. The van der Waals surface area contributed by atoms with Crippen LogP contribution in [0.1, 0.15) is 24.0 Å². The number of hydrogen-bond acceptors (Lipinski definition) is 2. The quantitative estimate of drug-likeness (QED) is 0.324. The second-order valence-electron chi connectivity index (χ2n) is 11.9. The van der Waals surface area contributed by atoms with E-state index in [2.05, 4.69) is 111 Å². The molecule has 0 bridgehead atoms. The van der Waals surface area contributed by atoms with Crippen molar-refractivity contribution in [2.75, 3.05) is 13.2 Å². The van der Waals surface area contributed by atoms with Crippen molar-refractivity contribution in [2.45, 2.75) is 65.3 Å². The molecular weight excluding hydrogens is 436 g/mol. The van der Waals surface area contributed by atoms with Crippen LogP contribution in [0.25, 0.3) is 0 Å². The Morgan fingerprint density at radius 1 is 0.636 bits per heavy atom. The van der Waals surface area contributed by atoms with Crippen molar-refractivity contribution >= 4 is 16.1 Å². The molecule has 0 N–H and O–H groups in total. The summed E-state index contributed by atoms with van der Waals surface area (Å²) in [5, 5.41) is 0. The van der Waals surface area contributed by atoms with E-state index in [0.717, 1.165) is 26.1 Å². The van der Waals surface area contributed by atoms with Crippen LogP contribution in [0.4, 0.5) is 0 Å². The molecule has 0 spiro atoms. The smallest absolute Gasteiger partial charge is 0.0717 e. The van der Waals surface area contributed by atoms with Crippen molar-refractivity contribution in [1.82, 2.24) is 0 Å². The van der Waals surface area contributed by atoms with Crippen LogP contribution in [-0.2, 0) is 22.7 Å². The highest BCUT2D eigenvalue weighted by Gasteiger charge is 2.41. The molecule has 33 heavy (non-hydrogen) atoms. The molecule has 1 fully saturated rings. The molecule has 2 aromatic rings. The summed E-state index contributed by atoms with van der Waals surface area (Å²) in [5.41, 5.74) is 10.8. The van der Waals surface area contributed by atoms with E-state index in [-0.39, 0.29) is 5.41 Å². The molecule has 2 aromatic carbocycles. The molecule has 1 saturated carbocycles. The Morgan fingerprint density at radius 3 is 1.33 bits per heavy atom. The molecule has 0 aromatic heterocycles. The second kappa shape index (κ2) is 11.1. The summed E-state index contributed by atoms with van der Waals surface area (Å²) in [7, 11) is -2.68. The molecule has 0 aliphatic heterocycles. The minimum Gasteiger partial charge on any atom is -0.376 e.